The number of imide groups is 1. The Balaban J connectivity index is 1.86. The maximum absolute atomic E-state index is 13.8. The largest absolute Gasteiger partial charge is 0.495 e. The minimum atomic E-state index is -0.300. The molecule has 0 spiro atoms. The molecule has 2 aliphatic rings. The molecule has 0 radical (unpaired) electrons. The molecule has 2 aliphatic heterocycles. The number of ether oxygens (including phenoxy) is 1. The number of nitrogens with zero attached hydrogens (tertiary/aromatic N) is 3. The number of hydrogen-bond donors (Lipinski definition) is 0. The molecule has 6 heteroatoms. The molecule has 0 saturated carbocycles. The number of carbonyl (C=O) groups excluding carboxylic acids is 2. The van der Waals surface area contributed by atoms with Crippen LogP contribution in [-0.4, -0.2) is 62.0 Å². The van der Waals surface area contributed by atoms with Crippen LogP contribution in [0.25, 0.3) is 5.57 Å². The lowest BCUT2D eigenvalue weighted by molar-refractivity contribution is -0.120. The molecule has 2 aromatic carbocycles. The van der Waals surface area contributed by atoms with E-state index in [-0.39, 0.29) is 11.8 Å². The highest BCUT2D eigenvalue weighted by atomic mass is 16.5. The van der Waals surface area contributed by atoms with Crippen molar-refractivity contribution in [3.8, 4) is 5.75 Å². The molecule has 2 aromatic rings. The van der Waals surface area contributed by atoms with Crippen molar-refractivity contribution in [2.45, 2.75) is 20.8 Å². The van der Waals surface area contributed by atoms with Gasteiger partial charge in [-0.15, -0.1) is 0 Å². The van der Waals surface area contributed by atoms with E-state index in [2.05, 4.69) is 16.8 Å². The summed E-state index contributed by atoms with van der Waals surface area (Å²) >= 11 is 0. The summed E-state index contributed by atoms with van der Waals surface area (Å²) in [5.74, 6) is -0.0795. The van der Waals surface area contributed by atoms with Gasteiger partial charge in [0.25, 0.3) is 11.8 Å². The van der Waals surface area contributed by atoms with E-state index in [4.69, 9.17) is 4.74 Å². The van der Waals surface area contributed by atoms with Crippen LogP contribution in [0.15, 0.2) is 42.1 Å². The molecule has 2 amide bonds. The summed E-state index contributed by atoms with van der Waals surface area (Å²) in [5, 5.41) is 0. The molecule has 0 bridgehead atoms. The lowest BCUT2D eigenvalue weighted by atomic mass is 9.99. The summed E-state index contributed by atoms with van der Waals surface area (Å²) in [6, 6.07) is 11.5. The van der Waals surface area contributed by atoms with Crippen molar-refractivity contribution >= 4 is 23.1 Å². The molecular weight excluding hydrogens is 390 g/mol. The fourth-order valence-electron chi connectivity index (χ4n) is 4.19. The third kappa shape index (κ3) is 3.72. The molecule has 0 aromatic heterocycles. The minimum Gasteiger partial charge on any atom is -0.495 e. The summed E-state index contributed by atoms with van der Waals surface area (Å²) in [6.45, 7) is 9.11. The minimum absolute atomic E-state index is 0.285. The number of amides is 2. The molecule has 0 aliphatic carbocycles. The SMILES string of the molecule is COc1ccc(C)cc1N1C(=O)C(c2ccc(C)c(C)c2)=C(N2CCN(C)CC2)C1=O. The van der Waals surface area contributed by atoms with E-state index in [1.54, 1.807) is 13.2 Å². The van der Waals surface area contributed by atoms with E-state index in [0.717, 1.165) is 35.3 Å². The van der Waals surface area contributed by atoms with Crippen molar-refractivity contribution in [1.29, 1.82) is 0 Å². The van der Waals surface area contributed by atoms with Crippen LogP contribution in [0, 0.1) is 20.8 Å². The van der Waals surface area contributed by atoms with Crippen molar-refractivity contribution in [3.63, 3.8) is 0 Å². The third-order valence-electron chi connectivity index (χ3n) is 6.25. The molecule has 0 atom stereocenters. The molecule has 0 unspecified atom stereocenters. The maximum atomic E-state index is 13.8. The average molecular weight is 420 g/mol. The van der Waals surface area contributed by atoms with Crippen LogP contribution in [0.3, 0.4) is 0 Å². The van der Waals surface area contributed by atoms with Gasteiger partial charge in [0, 0.05) is 26.2 Å². The number of likely N-dealkylation sites (N-methyl/N-ethyl adjacent to an activating group) is 1. The molecule has 4 rings (SSSR count). The second-order valence-electron chi connectivity index (χ2n) is 8.43. The average Bonchev–Trinajstić information content (AvgIpc) is 3.00. The Kier molecular flexibility index (Phi) is 5.58. The van der Waals surface area contributed by atoms with Gasteiger partial charge in [-0.05, 0) is 62.2 Å². The van der Waals surface area contributed by atoms with Gasteiger partial charge in [-0.25, -0.2) is 4.90 Å². The van der Waals surface area contributed by atoms with Crippen molar-refractivity contribution in [2.24, 2.45) is 0 Å². The lowest BCUT2D eigenvalue weighted by Crippen LogP contribution is -2.46. The number of methoxy groups -OCH3 is 1. The van der Waals surface area contributed by atoms with Crippen LogP contribution in [0.4, 0.5) is 5.69 Å². The fraction of sp³-hybridized carbons (Fsp3) is 0.360. The standard InChI is InChI=1S/C25H29N3O3/c1-16-6-9-21(31-5)20(14-16)28-24(29)22(19-8-7-17(2)18(3)15-19)23(25(28)30)27-12-10-26(4)11-13-27/h6-9,14-15H,10-13H2,1-5H3. The summed E-state index contributed by atoms with van der Waals surface area (Å²) in [4.78, 5) is 33.1. The second kappa shape index (κ2) is 8.19. The number of aryl methyl sites for hydroxylation is 3. The van der Waals surface area contributed by atoms with Crippen LogP contribution in [0.5, 0.6) is 5.75 Å². The first kappa shape index (κ1) is 21.1. The zero-order chi connectivity index (χ0) is 22.3. The van der Waals surface area contributed by atoms with E-state index >= 15 is 0 Å². The summed E-state index contributed by atoms with van der Waals surface area (Å²) in [5.41, 5.74) is 5.44. The molecule has 0 N–H and O–H groups in total. The first-order chi connectivity index (χ1) is 14.8. The van der Waals surface area contributed by atoms with E-state index in [0.29, 0.717) is 35.8 Å². The maximum Gasteiger partial charge on any atom is 0.282 e. The van der Waals surface area contributed by atoms with Crippen molar-refractivity contribution in [2.75, 3.05) is 45.2 Å². The third-order valence-corrected chi connectivity index (χ3v) is 6.25. The summed E-state index contributed by atoms with van der Waals surface area (Å²) < 4.78 is 5.50. The molecule has 1 fully saturated rings. The zero-order valence-electron chi connectivity index (χ0n) is 18.9. The van der Waals surface area contributed by atoms with Crippen LogP contribution >= 0.6 is 0 Å². The number of piperazine rings is 1. The van der Waals surface area contributed by atoms with Gasteiger partial charge < -0.3 is 14.5 Å². The lowest BCUT2D eigenvalue weighted by Gasteiger charge is -2.34. The molecule has 31 heavy (non-hydrogen) atoms. The Morgan fingerprint density at radius 3 is 2.19 bits per heavy atom. The first-order valence-electron chi connectivity index (χ1n) is 10.6. The quantitative estimate of drug-likeness (QED) is 0.713. The monoisotopic (exact) mass is 419 g/mol. The Labute approximate surface area is 183 Å². The predicted molar refractivity (Wildman–Crippen MR) is 122 cm³/mol. The van der Waals surface area contributed by atoms with Crippen LogP contribution in [-0.2, 0) is 9.59 Å². The van der Waals surface area contributed by atoms with Gasteiger partial charge in [0.15, 0.2) is 0 Å². The molecule has 2 heterocycles. The van der Waals surface area contributed by atoms with Gasteiger partial charge in [0.05, 0.1) is 18.4 Å². The summed E-state index contributed by atoms with van der Waals surface area (Å²) in [6.07, 6.45) is 0. The van der Waals surface area contributed by atoms with Gasteiger partial charge in [-0.1, -0.05) is 24.3 Å². The van der Waals surface area contributed by atoms with Gasteiger partial charge in [0.2, 0.25) is 0 Å². The highest BCUT2D eigenvalue weighted by Gasteiger charge is 2.44. The number of anilines is 1. The Bertz CT molecular complexity index is 1080. The van der Waals surface area contributed by atoms with E-state index in [1.807, 2.05) is 51.1 Å². The predicted octanol–water partition coefficient (Wildman–Crippen LogP) is 3.15. The summed E-state index contributed by atoms with van der Waals surface area (Å²) in [7, 11) is 3.62. The van der Waals surface area contributed by atoms with Gasteiger partial charge in [0.1, 0.15) is 11.4 Å². The Hall–Kier alpha value is -3.12. The smallest absolute Gasteiger partial charge is 0.282 e. The molecule has 1 saturated heterocycles. The van der Waals surface area contributed by atoms with Gasteiger partial charge >= 0.3 is 0 Å². The van der Waals surface area contributed by atoms with Crippen molar-refractivity contribution in [1.82, 2.24) is 9.80 Å². The topological polar surface area (TPSA) is 53.1 Å². The van der Waals surface area contributed by atoms with Crippen LogP contribution in [0.2, 0.25) is 0 Å². The second-order valence-corrected chi connectivity index (χ2v) is 8.43. The van der Waals surface area contributed by atoms with Crippen LogP contribution < -0.4 is 9.64 Å². The highest BCUT2D eigenvalue weighted by molar-refractivity contribution is 6.45. The fourth-order valence-corrected chi connectivity index (χ4v) is 4.19. The van der Waals surface area contributed by atoms with Crippen molar-refractivity contribution in [3.05, 3.63) is 64.3 Å². The normalized spacial score (nSPS) is 17.7. The van der Waals surface area contributed by atoms with E-state index in [9.17, 15) is 9.59 Å². The van der Waals surface area contributed by atoms with E-state index < -0.39 is 0 Å². The molecule has 162 valence electrons. The van der Waals surface area contributed by atoms with Gasteiger partial charge in [-0.2, -0.15) is 0 Å². The van der Waals surface area contributed by atoms with Gasteiger partial charge in [-0.3, -0.25) is 9.59 Å². The Morgan fingerprint density at radius 1 is 0.839 bits per heavy atom. The number of benzene rings is 2. The molecular formula is C25H29N3O3. The van der Waals surface area contributed by atoms with E-state index in [1.165, 1.54) is 4.90 Å². The highest BCUT2D eigenvalue weighted by Crippen LogP contribution is 2.39. The van der Waals surface area contributed by atoms with Crippen LogP contribution in [0.1, 0.15) is 22.3 Å². The van der Waals surface area contributed by atoms with Crippen molar-refractivity contribution < 1.29 is 14.3 Å². The molecule has 6 nitrogen and oxygen atoms in total. The number of carbonyl (C=O) groups is 2. The number of rotatable bonds is 4. The Morgan fingerprint density at radius 2 is 1.55 bits per heavy atom. The number of hydrogen-bond acceptors (Lipinski definition) is 5. The first-order valence-corrected chi connectivity index (χ1v) is 10.6. The zero-order valence-corrected chi connectivity index (χ0v) is 18.9.